The highest BCUT2D eigenvalue weighted by Crippen LogP contribution is 2.31. The zero-order valence-corrected chi connectivity index (χ0v) is 11.7. The van der Waals surface area contributed by atoms with Crippen molar-refractivity contribution >= 4 is 11.9 Å². The standard InChI is InChI=1S/C15H19N3O3/c16-14(20)11-6-3-7-18(11)15(21)17-13-10-5-2-1-4-9(10)8-12(13)19/h1-2,4-5,11-13,19H,3,6-8H2,(H2,16,20)(H,17,21)/t11-,12-,13-/m1/s1. The number of aliphatic hydroxyl groups excluding tert-OH is 1. The first-order valence-electron chi connectivity index (χ1n) is 7.20. The van der Waals surface area contributed by atoms with E-state index in [-0.39, 0.29) is 6.03 Å². The lowest BCUT2D eigenvalue weighted by atomic mass is 10.1. The van der Waals surface area contributed by atoms with Gasteiger partial charge in [0, 0.05) is 13.0 Å². The van der Waals surface area contributed by atoms with Crippen LogP contribution >= 0.6 is 0 Å². The van der Waals surface area contributed by atoms with E-state index in [0.29, 0.717) is 19.4 Å². The number of nitrogens with two attached hydrogens (primary N) is 1. The van der Waals surface area contributed by atoms with E-state index in [9.17, 15) is 14.7 Å². The van der Waals surface area contributed by atoms with Crippen LogP contribution < -0.4 is 11.1 Å². The molecule has 1 aromatic carbocycles. The summed E-state index contributed by atoms with van der Waals surface area (Å²) in [5, 5.41) is 13.0. The Hall–Kier alpha value is -2.08. The van der Waals surface area contributed by atoms with Crippen LogP contribution in [0.3, 0.4) is 0 Å². The number of primary amides is 1. The number of nitrogens with zero attached hydrogens (tertiary/aromatic N) is 1. The van der Waals surface area contributed by atoms with Crippen molar-refractivity contribution in [1.82, 2.24) is 10.2 Å². The molecular formula is C15H19N3O3. The molecule has 0 bridgehead atoms. The van der Waals surface area contributed by atoms with Gasteiger partial charge in [-0.25, -0.2) is 4.79 Å². The van der Waals surface area contributed by atoms with Gasteiger partial charge in [-0.3, -0.25) is 4.79 Å². The van der Waals surface area contributed by atoms with Crippen LogP contribution in [0.1, 0.15) is 30.0 Å². The lowest BCUT2D eigenvalue weighted by Crippen LogP contribution is -2.49. The summed E-state index contributed by atoms with van der Waals surface area (Å²) < 4.78 is 0. The van der Waals surface area contributed by atoms with Crippen LogP contribution in [-0.4, -0.2) is 40.6 Å². The number of benzene rings is 1. The quantitative estimate of drug-likeness (QED) is 0.731. The molecule has 1 aliphatic carbocycles. The molecule has 3 atom stereocenters. The highest BCUT2D eigenvalue weighted by molar-refractivity contribution is 5.86. The minimum atomic E-state index is -0.638. The molecule has 21 heavy (non-hydrogen) atoms. The van der Waals surface area contributed by atoms with Crippen molar-refractivity contribution < 1.29 is 14.7 Å². The maximum absolute atomic E-state index is 12.4. The first-order chi connectivity index (χ1) is 10.1. The first kappa shape index (κ1) is 13.9. The number of hydrogen-bond acceptors (Lipinski definition) is 3. The van der Waals surface area contributed by atoms with E-state index < -0.39 is 24.1 Å². The SMILES string of the molecule is NC(=O)[C@H]1CCCN1C(=O)N[C@@H]1c2ccccc2C[C@H]1O. The lowest BCUT2D eigenvalue weighted by Gasteiger charge is -2.26. The summed E-state index contributed by atoms with van der Waals surface area (Å²) in [5.74, 6) is -0.477. The Bertz CT molecular complexity index is 575. The van der Waals surface area contributed by atoms with Gasteiger partial charge in [-0.1, -0.05) is 24.3 Å². The summed E-state index contributed by atoms with van der Waals surface area (Å²) in [4.78, 5) is 25.2. The largest absolute Gasteiger partial charge is 0.390 e. The van der Waals surface area contributed by atoms with Gasteiger partial charge in [0.2, 0.25) is 5.91 Å². The summed E-state index contributed by atoms with van der Waals surface area (Å²) in [6, 6.07) is 6.36. The van der Waals surface area contributed by atoms with Crippen molar-refractivity contribution in [2.45, 2.75) is 37.5 Å². The molecule has 0 aromatic heterocycles. The zero-order chi connectivity index (χ0) is 15.0. The predicted octanol–water partition coefficient (Wildman–Crippen LogP) is 0.304. The molecule has 1 heterocycles. The number of urea groups is 1. The van der Waals surface area contributed by atoms with E-state index in [1.54, 1.807) is 0 Å². The lowest BCUT2D eigenvalue weighted by molar-refractivity contribution is -0.121. The summed E-state index contributed by atoms with van der Waals surface area (Å²) in [5.41, 5.74) is 7.31. The van der Waals surface area contributed by atoms with Gasteiger partial charge in [0.05, 0.1) is 12.1 Å². The van der Waals surface area contributed by atoms with Crippen LogP contribution in [-0.2, 0) is 11.2 Å². The van der Waals surface area contributed by atoms with Crippen LogP contribution in [0.5, 0.6) is 0 Å². The first-order valence-corrected chi connectivity index (χ1v) is 7.20. The van der Waals surface area contributed by atoms with E-state index in [1.807, 2.05) is 24.3 Å². The van der Waals surface area contributed by atoms with Gasteiger partial charge in [0.15, 0.2) is 0 Å². The number of carbonyl (C=O) groups is 2. The molecule has 4 N–H and O–H groups in total. The Morgan fingerprint density at radius 3 is 2.86 bits per heavy atom. The molecule has 1 aliphatic heterocycles. The van der Waals surface area contributed by atoms with Crippen molar-refractivity contribution in [2.75, 3.05) is 6.54 Å². The van der Waals surface area contributed by atoms with Crippen LogP contribution in [0.2, 0.25) is 0 Å². The summed E-state index contributed by atoms with van der Waals surface area (Å²) >= 11 is 0. The molecule has 3 amide bonds. The van der Waals surface area contributed by atoms with Gasteiger partial charge in [0.1, 0.15) is 6.04 Å². The Kier molecular flexibility index (Phi) is 3.55. The van der Waals surface area contributed by atoms with Crippen molar-refractivity contribution in [2.24, 2.45) is 5.73 Å². The minimum Gasteiger partial charge on any atom is -0.390 e. The predicted molar refractivity (Wildman–Crippen MR) is 76.3 cm³/mol. The molecule has 6 nitrogen and oxygen atoms in total. The van der Waals surface area contributed by atoms with Gasteiger partial charge in [-0.2, -0.15) is 0 Å². The van der Waals surface area contributed by atoms with E-state index in [4.69, 9.17) is 5.73 Å². The van der Waals surface area contributed by atoms with Crippen molar-refractivity contribution in [3.05, 3.63) is 35.4 Å². The number of fused-ring (bicyclic) bond motifs is 1. The zero-order valence-electron chi connectivity index (χ0n) is 11.7. The Labute approximate surface area is 122 Å². The van der Waals surface area contributed by atoms with Gasteiger partial charge in [-0.15, -0.1) is 0 Å². The fourth-order valence-corrected chi connectivity index (χ4v) is 3.27. The molecule has 0 unspecified atom stereocenters. The molecule has 6 heteroatoms. The summed E-state index contributed by atoms with van der Waals surface area (Å²) in [7, 11) is 0. The van der Waals surface area contributed by atoms with Crippen molar-refractivity contribution in [3.8, 4) is 0 Å². The number of rotatable bonds is 2. The minimum absolute atomic E-state index is 0.336. The summed E-state index contributed by atoms with van der Waals surface area (Å²) in [6.07, 6.45) is 1.26. The number of aliphatic hydroxyl groups is 1. The van der Waals surface area contributed by atoms with E-state index in [2.05, 4.69) is 5.32 Å². The Balaban J connectivity index is 1.75. The second-order valence-corrected chi connectivity index (χ2v) is 5.65. The molecule has 0 spiro atoms. The smallest absolute Gasteiger partial charge is 0.318 e. The van der Waals surface area contributed by atoms with E-state index in [0.717, 1.165) is 17.5 Å². The molecule has 0 radical (unpaired) electrons. The third-order valence-corrected chi connectivity index (χ3v) is 4.33. The monoisotopic (exact) mass is 289 g/mol. The van der Waals surface area contributed by atoms with E-state index in [1.165, 1.54) is 4.90 Å². The number of amides is 3. The fraction of sp³-hybridized carbons (Fsp3) is 0.467. The second kappa shape index (κ2) is 5.37. The van der Waals surface area contributed by atoms with Crippen LogP contribution in [0, 0.1) is 0 Å². The number of hydrogen-bond donors (Lipinski definition) is 3. The highest BCUT2D eigenvalue weighted by atomic mass is 16.3. The molecule has 0 saturated carbocycles. The normalized spacial score (nSPS) is 27.5. The molecule has 1 saturated heterocycles. The Morgan fingerprint density at radius 2 is 2.10 bits per heavy atom. The van der Waals surface area contributed by atoms with Crippen molar-refractivity contribution in [1.29, 1.82) is 0 Å². The van der Waals surface area contributed by atoms with Crippen LogP contribution in [0.15, 0.2) is 24.3 Å². The van der Waals surface area contributed by atoms with E-state index >= 15 is 0 Å². The van der Waals surface area contributed by atoms with Gasteiger partial charge >= 0.3 is 6.03 Å². The molecule has 2 aliphatic rings. The molecule has 1 fully saturated rings. The van der Waals surface area contributed by atoms with Gasteiger partial charge in [-0.05, 0) is 24.0 Å². The number of nitrogens with one attached hydrogen (secondary N) is 1. The maximum Gasteiger partial charge on any atom is 0.318 e. The van der Waals surface area contributed by atoms with Crippen LogP contribution in [0.25, 0.3) is 0 Å². The van der Waals surface area contributed by atoms with Gasteiger partial charge in [0.25, 0.3) is 0 Å². The van der Waals surface area contributed by atoms with Crippen molar-refractivity contribution in [3.63, 3.8) is 0 Å². The van der Waals surface area contributed by atoms with Crippen LogP contribution in [0.4, 0.5) is 4.79 Å². The summed E-state index contributed by atoms with van der Waals surface area (Å²) in [6.45, 7) is 0.518. The Morgan fingerprint density at radius 1 is 1.33 bits per heavy atom. The topological polar surface area (TPSA) is 95.7 Å². The molecular weight excluding hydrogens is 270 g/mol. The average molecular weight is 289 g/mol. The third-order valence-electron chi connectivity index (χ3n) is 4.33. The number of likely N-dealkylation sites (tertiary alicyclic amines) is 1. The number of carbonyl (C=O) groups excluding carboxylic acids is 2. The fourth-order valence-electron chi connectivity index (χ4n) is 3.27. The average Bonchev–Trinajstić information content (AvgIpc) is 3.04. The van der Waals surface area contributed by atoms with Gasteiger partial charge < -0.3 is 21.1 Å². The molecule has 1 aromatic rings. The second-order valence-electron chi connectivity index (χ2n) is 5.65. The molecule has 3 rings (SSSR count). The third kappa shape index (κ3) is 2.47. The highest BCUT2D eigenvalue weighted by Gasteiger charge is 2.37. The molecule has 112 valence electrons. The maximum atomic E-state index is 12.4.